The molecule has 0 atom stereocenters. The number of likely N-dealkylation sites (tertiary alicyclic amines) is 1. The molecule has 5 aromatic rings. The second-order valence-corrected chi connectivity index (χ2v) is 7.95. The third-order valence-corrected chi connectivity index (χ3v) is 5.80. The zero-order valence-corrected chi connectivity index (χ0v) is 17.5. The number of nitrogens with one attached hydrogen (secondary N) is 2. The van der Waals surface area contributed by atoms with Crippen LogP contribution in [-0.4, -0.2) is 66.3 Å². The number of ether oxygens (including phenoxy) is 1. The van der Waals surface area contributed by atoms with Crippen LogP contribution in [0.4, 0.5) is 0 Å². The smallest absolute Gasteiger partial charge is 0.161 e. The van der Waals surface area contributed by atoms with Gasteiger partial charge in [-0.2, -0.15) is 5.10 Å². The molecule has 5 aromatic heterocycles. The molecule has 1 aliphatic heterocycles. The number of imidazole rings is 1. The Morgan fingerprint density at radius 1 is 0.969 bits per heavy atom. The van der Waals surface area contributed by atoms with Crippen LogP contribution in [0, 0.1) is 0 Å². The summed E-state index contributed by atoms with van der Waals surface area (Å²) < 4.78 is 5.96. The fourth-order valence-electron chi connectivity index (χ4n) is 4.13. The molecular formula is C23H22N8O. The average Bonchev–Trinajstić information content (AvgIpc) is 3.58. The fourth-order valence-corrected chi connectivity index (χ4v) is 4.13. The molecule has 0 radical (unpaired) electrons. The molecule has 6 heterocycles. The molecular weight excluding hydrogens is 404 g/mol. The molecule has 1 saturated heterocycles. The van der Waals surface area contributed by atoms with Gasteiger partial charge in [-0.3, -0.25) is 20.0 Å². The summed E-state index contributed by atoms with van der Waals surface area (Å²) in [7, 11) is 0. The van der Waals surface area contributed by atoms with Crippen LogP contribution in [0.2, 0.25) is 0 Å². The zero-order valence-electron chi connectivity index (χ0n) is 17.5. The number of pyridine rings is 3. The maximum Gasteiger partial charge on any atom is 0.161 e. The van der Waals surface area contributed by atoms with Crippen molar-refractivity contribution in [2.45, 2.75) is 12.8 Å². The van der Waals surface area contributed by atoms with Crippen molar-refractivity contribution < 1.29 is 4.74 Å². The normalized spacial score (nSPS) is 14.5. The number of rotatable bonds is 6. The molecule has 160 valence electrons. The Hall–Kier alpha value is -3.85. The second-order valence-electron chi connectivity index (χ2n) is 7.95. The Balaban J connectivity index is 1.28. The maximum atomic E-state index is 5.96. The van der Waals surface area contributed by atoms with E-state index in [9.17, 15) is 0 Å². The SMILES string of the molecule is c1cc2[nH]c(-c3n[nH]c4ccc(-c5cncc(OCCN6CCCC6)c5)nc34)nc2cn1. The third-order valence-electron chi connectivity index (χ3n) is 5.80. The lowest BCUT2D eigenvalue weighted by atomic mass is 10.1. The Kier molecular flexibility index (Phi) is 4.73. The van der Waals surface area contributed by atoms with Gasteiger partial charge in [0, 0.05) is 24.5 Å². The lowest BCUT2D eigenvalue weighted by Gasteiger charge is -2.15. The van der Waals surface area contributed by atoms with Gasteiger partial charge in [-0.1, -0.05) is 0 Å². The molecule has 6 rings (SSSR count). The largest absolute Gasteiger partial charge is 0.491 e. The predicted octanol–water partition coefficient (Wildman–Crippen LogP) is 3.43. The standard InChI is InChI=1S/C23H22N8O/c1-2-8-31(7-1)9-10-32-16-11-15(12-25-13-16)17-3-4-19-21(26-17)22(30-29-19)23-27-18-5-6-24-14-20(18)28-23/h3-6,11-14H,1-2,7-10H2,(H,27,28)(H,29,30). The molecule has 0 amide bonds. The van der Waals surface area contributed by atoms with Crippen molar-refractivity contribution in [3.8, 4) is 28.5 Å². The van der Waals surface area contributed by atoms with Gasteiger partial charge < -0.3 is 9.72 Å². The van der Waals surface area contributed by atoms with Crippen molar-refractivity contribution in [2.24, 2.45) is 0 Å². The summed E-state index contributed by atoms with van der Waals surface area (Å²) >= 11 is 0. The van der Waals surface area contributed by atoms with Crippen LogP contribution in [0.15, 0.2) is 49.1 Å². The summed E-state index contributed by atoms with van der Waals surface area (Å²) in [6.07, 6.45) is 9.57. The number of hydrogen-bond acceptors (Lipinski definition) is 7. The summed E-state index contributed by atoms with van der Waals surface area (Å²) in [5, 5.41) is 7.49. The Labute approximate surface area is 183 Å². The van der Waals surface area contributed by atoms with E-state index in [0.29, 0.717) is 18.1 Å². The fraction of sp³-hybridized carbons (Fsp3) is 0.261. The molecule has 0 aromatic carbocycles. The molecule has 0 spiro atoms. The van der Waals surface area contributed by atoms with E-state index in [0.717, 1.165) is 45.6 Å². The monoisotopic (exact) mass is 426 g/mol. The van der Waals surface area contributed by atoms with E-state index in [-0.39, 0.29) is 0 Å². The van der Waals surface area contributed by atoms with E-state index in [1.807, 2.05) is 24.3 Å². The van der Waals surface area contributed by atoms with Gasteiger partial charge in [0.1, 0.15) is 23.4 Å². The van der Waals surface area contributed by atoms with Crippen LogP contribution in [0.1, 0.15) is 12.8 Å². The van der Waals surface area contributed by atoms with E-state index in [1.54, 1.807) is 24.8 Å². The Morgan fingerprint density at radius 2 is 1.91 bits per heavy atom. The van der Waals surface area contributed by atoms with Crippen molar-refractivity contribution >= 4 is 22.1 Å². The van der Waals surface area contributed by atoms with Crippen molar-refractivity contribution in [1.82, 2.24) is 40.0 Å². The third kappa shape index (κ3) is 3.56. The molecule has 32 heavy (non-hydrogen) atoms. The first-order chi connectivity index (χ1) is 15.8. The summed E-state index contributed by atoms with van der Waals surface area (Å²) in [6.45, 7) is 3.94. The van der Waals surface area contributed by atoms with E-state index in [4.69, 9.17) is 9.72 Å². The van der Waals surface area contributed by atoms with Gasteiger partial charge in [0.05, 0.1) is 29.1 Å². The van der Waals surface area contributed by atoms with Crippen molar-refractivity contribution in [3.63, 3.8) is 0 Å². The van der Waals surface area contributed by atoms with E-state index in [2.05, 4.69) is 35.0 Å². The first-order valence-corrected chi connectivity index (χ1v) is 10.8. The van der Waals surface area contributed by atoms with Crippen LogP contribution < -0.4 is 4.74 Å². The highest BCUT2D eigenvalue weighted by molar-refractivity contribution is 5.91. The van der Waals surface area contributed by atoms with Gasteiger partial charge in [-0.25, -0.2) is 9.97 Å². The molecule has 0 aliphatic carbocycles. The number of fused-ring (bicyclic) bond motifs is 2. The first kappa shape index (κ1) is 18.9. The number of aromatic amines is 2. The highest BCUT2D eigenvalue weighted by Gasteiger charge is 2.15. The Bertz CT molecular complexity index is 1350. The zero-order chi connectivity index (χ0) is 21.3. The quantitative estimate of drug-likeness (QED) is 0.428. The van der Waals surface area contributed by atoms with Gasteiger partial charge in [-0.15, -0.1) is 0 Å². The minimum atomic E-state index is 0.654. The lowest BCUT2D eigenvalue weighted by molar-refractivity contribution is 0.237. The minimum absolute atomic E-state index is 0.654. The predicted molar refractivity (Wildman–Crippen MR) is 121 cm³/mol. The molecule has 9 nitrogen and oxygen atoms in total. The molecule has 0 unspecified atom stereocenters. The van der Waals surface area contributed by atoms with E-state index >= 15 is 0 Å². The number of nitrogens with zero attached hydrogens (tertiary/aromatic N) is 6. The highest BCUT2D eigenvalue weighted by atomic mass is 16.5. The van der Waals surface area contributed by atoms with E-state index < -0.39 is 0 Å². The van der Waals surface area contributed by atoms with Gasteiger partial charge >= 0.3 is 0 Å². The molecule has 0 bridgehead atoms. The maximum absolute atomic E-state index is 5.96. The van der Waals surface area contributed by atoms with Crippen LogP contribution in [-0.2, 0) is 0 Å². The minimum Gasteiger partial charge on any atom is -0.491 e. The summed E-state index contributed by atoms with van der Waals surface area (Å²) in [5.41, 5.74) is 5.65. The molecule has 2 N–H and O–H groups in total. The van der Waals surface area contributed by atoms with Gasteiger partial charge in [0.15, 0.2) is 11.5 Å². The van der Waals surface area contributed by atoms with Gasteiger partial charge in [-0.05, 0) is 50.2 Å². The van der Waals surface area contributed by atoms with Crippen LogP contribution in [0.3, 0.4) is 0 Å². The number of H-pyrrole nitrogens is 2. The van der Waals surface area contributed by atoms with Crippen LogP contribution >= 0.6 is 0 Å². The average molecular weight is 426 g/mol. The molecule has 0 saturated carbocycles. The molecule has 1 fully saturated rings. The highest BCUT2D eigenvalue weighted by Crippen LogP contribution is 2.28. The van der Waals surface area contributed by atoms with Crippen molar-refractivity contribution in [3.05, 3.63) is 49.1 Å². The lowest BCUT2D eigenvalue weighted by Crippen LogP contribution is -2.25. The van der Waals surface area contributed by atoms with Crippen molar-refractivity contribution in [2.75, 3.05) is 26.2 Å². The first-order valence-electron chi connectivity index (χ1n) is 10.8. The summed E-state index contributed by atoms with van der Waals surface area (Å²) in [6, 6.07) is 7.80. The van der Waals surface area contributed by atoms with Gasteiger partial charge in [0.25, 0.3) is 0 Å². The number of hydrogen-bond donors (Lipinski definition) is 2. The van der Waals surface area contributed by atoms with Crippen LogP contribution in [0.5, 0.6) is 5.75 Å². The topological polar surface area (TPSA) is 108 Å². The molecule has 1 aliphatic rings. The molecule has 9 heteroatoms. The second kappa shape index (κ2) is 8.01. The summed E-state index contributed by atoms with van der Waals surface area (Å²) in [4.78, 5) is 23.7. The van der Waals surface area contributed by atoms with E-state index in [1.165, 1.54) is 25.9 Å². The van der Waals surface area contributed by atoms with Gasteiger partial charge in [0.2, 0.25) is 0 Å². The Morgan fingerprint density at radius 3 is 2.81 bits per heavy atom. The van der Waals surface area contributed by atoms with Crippen molar-refractivity contribution in [1.29, 1.82) is 0 Å². The number of aromatic nitrogens is 7. The summed E-state index contributed by atoms with van der Waals surface area (Å²) in [5.74, 6) is 1.40. The van der Waals surface area contributed by atoms with Crippen LogP contribution in [0.25, 0.3) is 44.8 Å².